The van der Waals surface area contributed by atoms with E-state index in [9.17, 15) is 13.2 Å². The highest BCUT2D eigenvalue weighted by atomic mass is 32.2. The van der Waals surface area contributed by atoms with Crippen molar-refractivity contribution >= 4 is 42.6 Å². The number of sulfonamides is 1. The Hall–Kier alpha value is -3.31. The van der Waals surface area contributed by atoms with E-state index in [2.05, 4.69) is 0 Å². The number of nitrogens with zero attached hydrogens (tertiary/aromatic N) is 4. The minimum absolute atomic E-state index is 0.149. The molecule has 38 heavy (non-hydrogen) atoms. The maximum absolute atomic E-state index is 13.7. The van der Waals surface area contributed by atoms with Crippen molar-refractivity contribution in [3.8, 4) is 5.75 Å². The van der Waals surface area contributed by atoms with E-state index in [-0.39, 0.29) is 17.3 Å². The Labute approximate surface area is 228 Å². The van der Waals surface area contributed by atoms with E-state index >= 15 is 0 Å². The number of ether oxygens (including phenoxy) is 1. The molecule has 0 aliphatic rings. The maximum atomic E-state index is 13.7. The molecule has 0 saturated heterocycles. The summed E-state index contributed by atoms with van der Waals surface area (Å²) in [7, 11) is 1.75. The molecule has 0 spiro atoms. The van der Waals surface area contributed by atoms with Gasteiger partial charge in [0.15, 0.2) is 5.13 Å². The number of methoxy groups -OCH3 is 1. The summed E-state index contributed by atoms with van der Waals surface area (Å²) < 4.78 is 34.5. The standard InChI is InChI=1S/C28H32N4O4S2/c1-5-31(20-21-10-7-6-8-11-21)38(34,35)23-16-14-22(15-17-23)27(33)32(19-18-30(2)3)28-29-26-24(36-4)12-9-13-25(26)37-28/h6-17H,5,18-20H2,1-4H3. The van der Waals surface area contributed by atoms with E-state index in [1.807, 2.05) is 74.4 Å². The fraction of sp³-hybridized carbons (Fsp3) is 0.286. The summed E-state index contributed by atoms with van der Waals surface area (Å²) in [5, 5.41) is 0.563. The predicted molar refractivity (Wildman–Crippen MR) is 153 cm³/mol. The van der Waals surface area contributed by atoms with Crippen LogP contribution in [0.4, 0.5) is 5.13 Å². The number of amides is 1. The van der Waals surface area contributed by atoms with E-state index in [0.29, 0.717) is 41.6 Å². The van der Waals surface area contributed by atoms with Crippen LogP contribution in [0, 0.1) is 0 Å². The Kier molecular flexibility index (Phi) is 8.78. The van der Waals surface area contributed by atoms with Gasteiger partial charge in [-0.15, -0.1) is 0 Å². The molecule has 0 N–H and O–H groups in total. The van der Waals surface area contributed by atoms with E-state index in [4.69, 9.17) is 9.72 Å². The van der Waals surface area contributed by atoms with Crippen molar-refractivity contribution in [2.75, 3.05) is 45.7 Å². The minimum atomic E-state index is -3.73. The van der Waals surface area contributed by atoms with E-state index in [0.717, 1.165) is 10.3 Å². The predicted octanol–water partition coefficient (Wildman–Crippen LogP) is 4.72. The second kappa shape index (κ2) is 12.0. The molecule has 1 amide bonds. The first kappa shape index (κ1) is 27.7. The number of anilines is 1. The molecule has 0 radical (unpaired) electrons. The molecule has 0 saturated carbocycles. The first-order chi connectivity index (χ1) is 18.2. The average molecular weight is 553 g/mol. The molecular formula is C28H32N4O4S2. The fourth-order valence-corrected chi connectivity index (χ4v) is 6.45. The second-order valence-corrected chi connectivity index (χ2v) is 12.0. The number of carbonyl (C=O) groups is 1. The summed E-state index contributed by atoms with van der Waals surface area (Å²) in [4.78, 5) is 22.2. The number of hydrogen-bond acceptors (Lipinski definition) is 7. The molecule has 0 atom stereocenters. The van der Waals surface area contributed by atoms with Gasteiger partial charge in [-0.05, 0) is 56.1 Å². The second-order valence-electron chi connectivity index (χ2n) is 9.00. The normalized spacial score (nSPS) is 11.8. The Bertz CT molecular complexity index is 1490. The molecule has 3 aromatic carbocycles. The molecule has 0 unspecified atom stereocenters. The lowest BCUT2D eigenvalue weighted by molar-refractivity contribution is 0.0985. The summed E-state index contributed by atoms with van der Waals surface area (Å²) in [5.41, 5.74) is 2.01. The highest BCUT2D eigenvalue weighted by Gasteiger charge is 2.26. The van der Waals surface area contributed by atoms with Crippen LogP contribution in [0.2, 0.25) is 0 Å². The Morgan fingerprint density at radius 2 is 1.66 bits per heavy atom. The van der Waals surface area contributed by atoms with Gasteiger partial charge in [-0.3, -0.25) is 9.69 Å². The zero-order valence-corrected chi connectivity index (χ0v) is 23.6. The van der Waals surface area contributed by atoms with Gasteiger partial charge in [0.05, 0.1) is 16.7 Å². The van der Waals surface area contributed by atoms with E-state index in [1.54, 1.807) is 24.1 Å². The van der Waals surface area contributed by atoms with Gasteiger partial charge < -0.3 is 9.64 Å². The third-order valence-corrected chi connectivity index (χ3v) is 9.11. The van der Waals surface area contributed by atoms with Crippen molar-refractivity contribution in [2.24, 2.45) is 0 Å². The number of carbonyl (C=O) groups excluding carboxylic acids is 1. The SMILES string of the molecule is CCN(Cc1ccccc1)S(=O)(=O)c1ccc(C(=O)N(CCN(C)C)c2nc3c(OC)cccc3s2)cc1. The van der Waals surface area contributed by atoms with Crippen LogP contribution >= 0.6 is 11.3 Å². The van der Waals surface area contributed by atoms with Gasteiger partial charge in [0.1, 0.15) is 11.3 Å². The summed E-state index contributed by atoms with van der Waals surface area (Å²) in [6.07, 6.45) is 0. The largest absolute Gasteiger partial charge is 0.494 e. The highest BCUT2D eigenvalue weighted by molar-refractivity contribution is 7.89. The minimum Gasteiger partial charge on any atom is -0.494 e. The molecule has 0 aliphatic carbocycles. The van der Waals surface area contributed by atoms with Crippen molar-refractivity contribution < 1.29 is 17.9 Å². The van der Waals surface area contributed by atoms with Crippen molar-refractivity contribution in [3.63, 3.8) is 0 Å². The number of para-hydroxylation sites is 1. The summed E-state index contributed by atoms with van der Waals surface area (Å²) in [6, 6.07) is 21.3. The average Bonchev–Trinajstić information content (AvgIpc) is 3.36. The lowest BCUT2D eigenvalue weighted by atomic mass is 10.2. The van der Waals surface area contributed by atoms with Gasteiger partial charge in [0.2, 0.25) is 10.0 Å². The van der Waals surface area contributed by atoms with Crippen molar-refractivity contribution in [3.05, 3.63) is 83.9 Å². The number of likely N-dealkylation sites (N-methyl/N-ethyl adjacent to an activating group) is 1. The zero-order valence-electron chi connectivity index (χ0n) is 22.0. The molecule has 8 nitrogen and oxygen atoms in total. The molecule has 200 valence electrons. The molecule has 0 bridgehead atoms. The topological polar surface area (TPSA) is 83.1 Å². The highest BCUT2D eigenvalue weighted by Crippen LogP contribution is 2.34. The zero-order chi connectivity index (χ0) is 27.3. The van der Waals surface area contributed by atoms with Gasteiger partial charge >= 0.3 is 0 Å². The van der Waals surface area contributed by atoms with Crippen molar-refractivity contribution in [2.45, 2.75) is 18.4 Å². The van der Waals surface area contributed by atoms with Gasteiger partial charge in [-0.25, -0.2) is 13.4 Å². The van der Waals surface area contributed by atoms with Crippen LogP contribution in [0.1, 0.15) is 22.8 Å². The molecule has 1 heterocycles. The van der Waals surface area contributed by atoms with Gasteiger partial charge in [-0.2, -0.15) is 4.31 Å². The fourth-order valence-electron chi connectivity index (χ4n) is 4.00. The summed E-state index contributed by atoms with van der Waals surface area (Å²) in [5.74, 6) is 0.404. The Balaban J connectivity index is 1.61. The van der Waals surface area contributed by atoms with E-state index < -0.39 is 10.0 Å². The number of fused-ring (bicyclic) bond motifs is 1. The van der Waals surface area contributed by atoms with Crippen LogP contribution in [0.25, 0.3) is 10.2 Å². The molecule has 4 rings (SSSR count). The number of hydrogen-bond donors (Lipinski definition) is 0. The molecule has 0 aliphatic heterocycles. The Morgan fingerprint density at radius 1 is 0.947 bits per heavy atom. The lowest BCUT2D eigenvalue weighted by Gasteiger charge is -2.23. The quantitative estimate of drug-likeness (QED) is 0.268. The van der Waals surface area contributed by atoms with Gasteiger partial charge in [0.25, 0.3) is 5.91 Å². The molecule has 0 fully saturated rings. The van der Waals surface area contributed by atoms with E-state index in [1.165, 1.54) is 27.8 Å². The van der Waals surface area contributed by atoms with Crippen LogP contribution in [0.3, 0.4) is 0 Å². The Morgan fingerprint density at radius 3 is 2.29 bits per heavy atom. The van der Waals surface area contributed by atoms with Crippen molar-refractivity contribution in [1.29, 1.82) is 0 Å². The molecule has 10 heteroatoms. The third kappa shape index (κ3) is 6.05. The molecule has 4 aromatic rings. The molecule has 1 aromatic heterocycles. The van der Waals surface area contributed by atoms with Gasteiger partial charge in [0, 0.05) is 31.7 Å². The van der Waals surface area contributed by atoms with Crippen LogP contribution in [-0.4, -0.2) is 69.4 Å². The van der Waals surface area contributed by atoms with Gasteiger partial charge in [-0.1, -0.05) is 54.7 Å². The first-order valence-electron chi connectivity index (χ1n) is 12.3. The smallest absolute Gasteiger partial charge is 0.260 e. The summed E-state index contributed by atoms with van der Waals surface area (Å²) >= 11 is 1.42. The number of thiazole rings is 1. The monoisotopic (exact) mass is 552 g/mol. The van der Waals surface area contributed by atoms with Crippen LogP contribution < -0.4 is 9.64 Å². The number of rotatable bonds is 11. The number of aromatic nitrogens is 1. The van der Waals surface area contributed by atoms with Crippen LogP contribution in [-0.2, 0) is 16.6 Å². The van der Waals surface area contributed by atoms with Crippen molar-refractivity contribution in [1.82, 2.24) is 14.2 Å². The lowest BCUT2D eigenvalue weighted by Crippen LogP contribution is -2.36. The summed E-state index contributed by atoms with van der Waals surface area (Å²) in [6.45, 7) is 3.48. The van der Waals surface area contributed by atoms with Crippen LogP contribution in [0.5, 0.6) is 5.75 Å². The molecular weight excluding hydrogens is 520 g/mol. The third-order valence-electron chi connectivity index (χ3n) is 6.13. The maximum Gasteiger partial charge on any atom is 0.260 e. The number of benzene rings is 3. The first-order valence-corrected chi connectivity index (χ1v) is 14.5. The van der Waals surface area contributed by atoms with Crippen LogP contribution in [0.15, 0.2) is 77.7 Å².